The predicted molar refractivity (Wildman–Crippen MR) is 193 cm³/mol. The summed E-state index contributed by atoms with van der Waals surface area (Å²) in [6.45, 7) is 7.66. The Kier molecular flexibility index (Phi) is 14.8. The highest BCUT2D eigenvalue weighted by molar-refractivity contribution is 7.02. The fourth-order valence-corrected chi connectivity index (χ4v) is 6.53. The van der Waals surface area contributed by atoms with Gasteiger partial charge < -0.3 is 39.8 Å². The van der Waals surface area contributed by atoms with Gasteiger partial charge in [-0.2, -0.15) is 0 Å². The van der Waals surface area contributed by atoms with Crippen molar-refractivity contribution < 1.29 is 47.7 Å². The van der Waals surface area contributed by atoms with Crippen LogP contribution in [0.1, 0.15) is 50.9 Å². The summed E-state index contributed by atoms with van der Waals surface area (Å²) in [5.41, 5.74) is 0.106. The molecule has 0 aliphatic heterocycles. The number of alkyl carbamates (subject to hydrolysis) is 1. The van der Waals surface area contributed by atoms with Crippen LogP contribution >= 0.6 is 0 Å². The molecule has 52 heavy (non-hydrogen) atoms. The minimum absolute atomic E-state index is 0.0122. The summed E-state index contributed by atoms with van der Waals surface area (Å²) in [4.78, 5) is 63.0. The van der Waals surface area contributed by atoms with Crippen molar-refractivity contribution in [3.63, 3.8) is 0 Å². The Hall–Kier alpha value is -4.89. The van der Waals surface area contributed by atoms with E-state index in [4.69, 9.17) is 4.74 Å². The van der Waals surface area contributed by atoms with E-state index in [0.29, 0.717) is 24.1 Å². The number of carbonyl (C=O) groups excluding carboxylic acids is 4. The molecular weight excluding hydrogens is 695 g/mol. The Morgan fingerprint density at radius 3 is 2.37 bits per heavy atom. The van der Waals surface area contributed by atoms with Crippen LogP contribution in [0.4, 0.5) is 18.4 Å². The van der Waals surface area contributed by atoms with Gasteiger partial charge in [-0.25, -0.2) is 13.6 Å². The number of nitrogens with one attached hydrogen (secondary N) is 2. The summed E-state index contributed by atoms with van der Waals surface area (Å²) in [5, 5.41) is 24.9. The number of ether oxygens (including phenoxy) is 1. The Balaban J connectivity index is 2.05. The number of hydrogen-bond acceptors (Lipinski definition) is 7. The molecule has 3 amide bonds. The number of aldehydes is 1. The number of benzene rings is 2. The quantitative estimate of drug-likeness (QED) is 0.0973. The first-order valence-corrected chi connectivity index (χ1v) is 20.1. The zero-order valence-electron chi connectivity index (χ0n) is 30.2. The Morgan fingerprint density at radius 2 is 1.75 bits per heavy atom. The van der Waals surface area contributed by atoms with E-state index < -0.39 is 67.3 Å². The third kappa shape index (κ3) is 11.8. The summed E-state index contributed by atoms with van der Waals surface area (Å²) in [5.74, 6) is -2.52. The van der Waals surface area contributed by atoms with Crippen LogP contribution in [0, 0.1) is 17.0 Å². The summed E-state index contributed by atoms with van der Waals surface area (Å²) in [6.07, 6.45) is 1.17. The smallest absolute Gasteiger partial charge is 0.407 e. The minimum Gasteiger partial charge on any atom is -0.486 e. The molecule has 282 valence electrons. The molecule has 0 aliphatic rings. The van der Waals surface area contributed by atoms with Gasteiger partial charge in [-0.1, -0.05) is 64.2 Å². The predicted octanol–water partition coefficient (Wildman–Crippen LogP) is 5.55. The first-order chi connectivity index (χ1) is 24.5. The standard InChI is InChI=1S/C37H48F2N4O8Si/c1-37(2,3)34(31-18-26(29-19-27(38)13-14-30(29)39)22-42(31)21-25-10-7-6-8-11-25)43(33(47)24-45)23-28(41-32(46)12-9-15-44)20-40-35(48)51-16-17-52(4,5)36(49)50/h6-8,10-11,13-15,18-19,22,28,34,45H,9,12,16-17,20-21,23-24H2,1-5H3,(H,40,48)(H,41,46)(H,49,50)/t28-,34-/m0/s1. The van der Waals surface area contributed by atoms with Gasteiger partial charge in [0.05, 0.1) is 18.7 Å². The first-order valence-electron chi connectivity index (χ1n) is 16.9. The van der Waals surface area contributed by atoms with Crippen molar-refractivity contribution in [2.24, 2.45) is 5.41 Å². The van der Waals surface area contributed by atoms with Crippen molar-refractivity contribution in [3.05, 3.63) is 83.7 Å². The molecule has 3 rings (SSSR count). The second-order valence-electron chi connectivity index (χ2n) is 14.3. The molecule has 3 aromatic rings. The second kappa shape index (κ2) is 18.6. The van der Waals surface area contributed by atoms with E-state index in [1.165, 1.54) is 4.90 Å². The molecule has 15 heteroatoms. The number of aliphatic hydroxyl groups is 1. The van der Waals surface area contributed by atoms with Crippen LogP contribution in [0.25, 0.3) is 11.1 Å². The molecule has 1 aromatic heterocycles. The van der Waals surface area contributed by atoms with Gasteiger partial charge >= 0.3 is 6.09 Å². The molecule has 4 N–H and O–H groups in total. The van der Waals surface area contributed by atoms with E-state index in [1.54, 1.807) is 25.4 Å². The molecule has 0 unspecified atom stereocenters. The topological polar surface area (TPSA) is 167 Å². The van der Waals surface area contributed by atoms with Crippen LogP contribution in [0.2, 0.25) is 19.1 Å². The fraction of sp³-hybridized carbons (Fsp3) is 0.432. The van der Waals surface area contributed by atoms with E-state index in [1.807, 2.05) is 55.7 Å². The Labute approximate surface area is 303 Å². The Bertz CT molecular complexity index is 1710. The molecule has 1 heterocycles. The SMILES string of the molecule is CC(C)(C)[C@H](c1cc(-c2cc(F)ccc2F)cn1Cc1ccccc1)N(C[C@H](CNC(=O)OCC[Si](C)(C)C(=O)O)NC(=O)CCC=O)C(=O)CO. The summed E-state index contributed by atoms with van der Waals surface area (Å²) in [6, 6.07) is 12.6. The summed E-state index contributed by atoms with van der Waals surface area (Å²) < 4.78 is 36.5. The maximum Gasteiger partial charge on any atom is 0.407 e. The van der Waals surface area contributed by atoms with Crippen LogP contribution in [0.5, 0.6) is 0 Å². The molecule has 0 bridgehead atoms. The van der Waals surface area contributed by atoms with Gasteiger partial charge in [-0.05, 0) is 41.3 Å². The largest absolute Gasteiger partial charge is 0.486 e. The van der Waals surface area contributed by atoms with Gasteiger partial charge in [0.2, 0.25) is 11.8 Å². The highest BCUT2D eigenvalue weighted by Gasteiger charge is 2.38. The highest BCUT2D eigenvalue weighted by Crippen LogP contribution is 2.41. The molecule has 0 spiro atoms. The van der Waals surface area contributed by atoms with E-state index >= 15 is 4.39 Å². The molecule has 2 atom stereocenters. The third-order valence-corrected chi connectivity index (χ3v) is 11.1. The lowest BCUT2D eigenvalue weighted by Gasteiger charge is -2.42. The zero-order valence-corrected chi connectivity index (χ0v) is 31.2. The molecule has 2 aromatic carbocycles. The molecule has 0 saturated heterocycles. The number of carboxylic acid groups (broad SMARTS) is 1. The molecule has 0 fully saturated rings. The van der Waals surface area contributed by atoms with E-state index in [2.05, 4.69) is 10.6 Å². The number of aliphatic hydroxyl groups excluding tert-OH is 1. The van der Waals surface area contributed by atoms with Crippen LogP contribution in [-0.2, 0) is 25.7 Å². The zero-order chi connectivity index (χ0) is 38.6. The number of aromatic nitrogens is 1. The first kappa shape index (κ1) is 41.5. The van der Waals surface area contributed by atoms with Crippen LogP contribution < -0.4 is 10.6 Å². The maximum atomic E-state index is 15.1. The highest BCUT2D eigenvalue weighted by atomic mass is 28.3. The lowest BCUT2D eigenvalue weighted by atomic mass is 9.82. The molecule has 0 saturated carbocycles. The lowest BCUT2D eigenvalue weighted by Crippen LogP contribution is -2.54. The monoisotopic (exact) mass is 742 g/mol. The van der Waals surface area contributed by atoms with Gasteiger partial charge in [0.15, 0.2) is 8.07 Å². The number of amides is 3. The van der Waals surface area contributed by atoms with Crippen molar-refractivity contribution in [3.8, 4) is 11.1 Å². The fourth-order valence-electron chi connectivity index (χ4n) is 5.71. The summed E-state index contributed by atoms with van der Waals surface area (Å²) >= 11 is 0. The maximum absolute atomic E-state index is 15.1. The van der Waals surface area contributed by atoms with Crippen molar-refractivity contribution >= 4 is 37.9 Å². The van der Waals surface area contributed by atoms with Crippen molar-refractivity contribution in [2.75, 3.05) is 26.3 Å². The number of nitrogens with zero attached hydrogens (tertiary/aromatic N) is 2. The van der Waals surface area contributed by atoms with Crippen LogP contribution in [-0.4, -0.2) is 89.9 Å². The van der Waals surface area contributed by atoms with Gasteiger partial charge in [-0.15, -0.1) is 0 Å². The van der Waals surface area contributed by atoms with E-state index in [-0.39, 0.29) is 44.1 Å². The average Bonchev–Trinajstić information content (AvgIpc) is 3.48. The van der Waals surface area contributed by atoms with Crippen molar-refractivity contribution in [1.82, 2.24) is 20.1 Å². The number of halogens is 2. The van der Waals surface area contributed by atoms with Gasteiger partial charge in [-0.3, -0.25) is 14.4 Å². The lowest BCUT2D eigenvalue weighted by molar-refractivity contribution is -0.140. The number of carbonyl (C=O) groups is 5. The van der Waals surface area contributed by atoms with Crippen LogP contribution in [0.3, 0.4) is 0 Å². The van der Waals surface area contributed by atoms with Crippen molar-refractivity contribution in [2.45, 2.75) is 71.4 Å². The second-order valence-corrected chi connectivity index (χ2v) is 19.0. The molecular formula is C37H48F2N4O8Si. The van der Waals surface area contributed by atoms with Gasteiger partial charge in [0.25, 0.3) is 5.59 Å². The summed E-state index contributed by atoms with van der Waals surface area (Å²) in [7, 11) is -2.67. The number of rotatable bonds is 18. The van der Waals surface area contributed by atoms with E-state index in [9.17, 15) is 38.6 Å². The van der Waals surface area contributed by atoms with Gasteiger partial charge in [0.1, 0.15) is 24.5 Å². The molecule has 12 nitrogen and oxygen atoms in total. The van der Waals surface area contributed by atoms with Crippen molar-refractivity contribution in [1.29, 1.82) is 0 Å². The minimum atomic E-state index is -2.67. The van der Waals surface area contributed by atoms with E-state index in [0.717, 1.165) is 23.8 Å². The third-order valence-electron chi connectivity index (χ3n) is 8.54. The average molecular weight is 743 g/mol. The normalized spacial score (nSPS) is 12.8. The van der Waals surface area contributed by atoms with Gasteiger partial charge in [0, 0.05) is 55.5 Å². The van der Waals surface area contributed by atoms with Crippen LogP contribution in [0.15, 0.2) is 60.8 Å². The molecule has 0 radical (unpaired) electrons. The molecule has 0 aliphatic carbocycles. The number of hydrogen-bond donors (Lipinski definition) is 4. The Morgan fingerprint density at radius 1 is 1.06 bits per heavy atom.